The number of hydrogen-bond acceptors (Lipinski definition) is 3. The lowest BCUT2D eigenvalue weighted by atomic mass is 10.1. The smallest absolute Gasteiger partial charge is 0.184 e. The fourth-order valence-electron chi connectivity index (χ4n) is 5.18. The van der Waals surface area contributed by atoms with Crippen LogP contribution in [0.2, 0.25) is 0 Å². The highest BCUT2D eigenvalue weighted by Gasteiger charge is 2.22. The van der Waals surface area contributed by atoms with E-state index in [1.54, 1.807) is 0 Å². The zero-order valence-electron chi connectivity index (χ0n) is 21.2. The van der Waals surface area contributed by atoms with Crippen molar-refractivity contribution in [2.75, 3.05) is 0 Å². The van der Waals surface area contributed by atoms with Crippen molar-refractivity contribution in [1.29, 1.82) is 0 Å². The van der Waals surface area contributed by atoms with E-state index in [9.17, 15) is 0 Å². The number of azo groups is 1. The third kappa shape index (κ3) is 3.98. The predicted octanol–water partition coefficient (Wildman–Crippen LogP) is 9.36. The van der Waals surface area contributed by atoms with Gasteiger partial charge in [0, 0.05) is 37.9 Å². The van der Waals surface area contributed by atoms with Crippen LogP contribution in [0.25, 0.3) is 33.1 Å². The van der Waals surface area contributed by atoms with Gasteiger partial charge < -0.3 is 4.57 Å². The van der Waals surface area contributed by atoms with Crippen molar-refractivity contribution in [3.8, 4) is 16.8 Å². The molecule has 0 unspecified atom stereocenters. The van der Waals surface area contributed by atoms with Crippen LogP contribution in [0.4, 0.5) is 11.5 Å². The first-order valence-corrected chi connectivity index (χ1v) is 13.1. The van der Waals surface area contributed by atoms with Crippen LogP contribution in [-0.2, 0) is 0 Å². The van der Waals surface area contributed by atoms with E-state index in [1.165, 1.54) is 27.7 Å². The highest BCUT2D eigenvalue weighted by atomic mass is 79.9. The second kappa shape index (κ2) is 9.12. The lowest BCUT2D eigenvalue weighted by molar-refractivity contribution is 0.906. The van der Waals surface area contributed by atoms with Gasteiger partial charge in [-0.2, -0.15) is 5.10 Å². The van der Waals surface area contributed by atoms with Crippen molar-refractivity contribution in [2.45, 2.75) is 27.7 Å². The minimum absolute atomic E-state index is 0.717. The molecule has 0 bridgehead atoms. The molecule has 5 nitrogen and oxygen atoms in total. The lowest BCUT2D eigenvalue weighted by Crippen LogP contribution is -1.98. The molecule has 0 N–H and O–H groups in total. The van der Waals surface area contributed by atoms with E-state index in [2.05, 4.69) is 95.8 Å². The fraction of sp³-hybridized carbons (Fsp3) is 0.129. The normalized spacial score (nSPS) is 11.8. The maximum Gasteiger partial charge on any atom is 0.184 e. The Hall–Kier alpha value is -4.03. The molecule has 6 aromatic rings. The van der Waals surface area contributed by atoms with Crippen molar-refractivity contribution in [3.05, 3.63) is 112 Å². The van der Waals surface area contributed by atoms with Crippen LogP contribution in [0.15, 0.2) is 99.6 Å². The van der Waals surface area contributed by atoms with E-state index >= 15 is 0 Å². The van der Waals surface area contributed by atoms with Crippen LogP contribution in [0, 0.1) is 27.7 Å². The summed E-state index contributed by atoms with van der Waals surface area (Å²) in [5, 5.41) is 16.7. The Kier molecular flexibility index (Phi) is 5.76. The highest BCUT2D eigenvalue weighted by molar-refractivity contribution is 9.10. The number of fused-ring (bicyclic) bond motifs is 3. The molecule has 3 aromatic carbocycles. The highest BCUT2D eigenvalue weighted by Crippen LogP contribution is 2.40. The monoisotopic (exact) mass is 547 g/mol. The molecular formula is C31H26BrN5. The number of halogens is 1. The van der Waals surface area contributed by atoms with Crippen molar-refractivity contribution in [2.24, 2.45) is 10.2 Å². The summed E-state index contributed by atoms with van der Waals surface area (Å²) in [7, 11) is 0. The van der Waals surface area contributed by atoms with Gasteiger partial charge in [-0.3, -0.25) is 0 Å². The molecule has 6 rings (SSSR count). The zero-order chi connectivity index (χ0) is 25.7. The van der Waals surface area contributed by atoms with Gasteiger partial charge in [0.05, 0.1) is 16.9 Å². The molecule has 0 radical (unpaired) electrons. The van der Waals surface area contributed by atoms with Gasteiger partial charge in [-0.25, -0.2) is 4.52 Å². The first-order chi connectivity index (χ1) is 17.9. The van der Waals surface area contributed by atoms with E-state index in [0.717, 1.165) is 38.2 Å². The molecule has 37 heavy (non-hydrogen) atoms. The summed E-state index contributed by atoms with van der Waals surface area (Å²) < 4.78 is 5.29. The van der Waals surface area contributed by atoms with Gasteiger partial charge >= 0.3 is 0 Å². The Morgan fingerprint density at radius 3 is 2.11 bits per heavy atom. The SMILES string of the molecule is Cc1ccc(-n2c(C)c3c(C)nn4c(N=Nc5ccc(Br)cc5)c(-c5ccccc5)cc4c3c2C)cc1. The summed E-state index contributed by atoms with van der Waals surface area (Å²) in [6, 6.07) is 29.0. The second-order valence-electron chi connectivity index (χ2n) is 9.40. The van der Waals surface area contributed by atoms with Crippen molar-refractivity contribution >= 4 is 43.7 Å². The molecule has 0 atom stereocenters. The lowest BCUT2D eigenvalue weighted by Gasteiger charge is -2.09. The Bertz CT molecular complexity index is 1790. The van der Waals surface area contributed by atoms with E-state index in [-0.39, 0.29) is 0 Å². The summed E-state index contributed by atoms with van der Waals surface area (Å²) in [5.74, 6) is 0.717. The third-order valence-corrected chi connectivity index (χ3v) is 7.46. The summed E-state index contributed by atoms with van der Waals surface area (Å²) in [4.78, 5) is 0. The van der Waals surface area contributed by atoms with Gasteiger partial charge in [-0.05, 0) is 75.7 Å². The van der Waals surface area contributed by atoms with Crippen LogP contribution in [-0.4, -0.2) is 14.2 Å². The zero-order valence-corrected chi connectivity index (χ0v) is 22.8. The Labute approximate surface area is 224 Å². The molecule has 0 aliphatic carbocycles. The summed E-state index contributed by atoms with van der Waals surface area (Å²) >= 11 is 3.49. The van der Waals surface area contributed by atoms with Crippen LogP contribution < -0.4 is 0 Å². The van der Waals surface area contributed by atoms with Crippen LogP contribution in [0.1, 0.15) is 22.6 Å². The van der Waals surface area contributed by atoms with Gasteiger partial charge in [0.25, 0.3) is 0 Å². The Morgan fingerprint density at radius 1 is 0.730 bits per heavy atom. The standard InChI is InChI=1S/C31H26BrN5/c1-19-10-16-26(17-11-19)36-21(3)29-20(2)35-37-28(30(29)22(36)4)18-27(23-8-6-5-7-9-23)31(37)34-33-25-14-12-24(32)13-15-25/h5-18H,1-4H3. The van der Waals surface area contributed by atoms with E-state index in [1.807, 2.05) is 47.0 Å². The number of aromatic nitrogens is 3. The average Bonchev–Trinajstić information content (AvgIpc) is 3.39. The van der Waals surface area contributed by atoms with E-state index in [0.29, 0.717) is 5.82 Å². The molecule has 0 fully saturated rings. The Morgan fingerprint density at radius 2 is 1.41 bits per heavy atom. The quantitative estimate of drug-likeness (QED) is 0.203. The predicted molar refractivity (Wildman–Crippen MR) is 155 cm³/mol. The summed E-state index contributed by atoms with van der Waals surface area (Å²) in [5.41, 5.74) is 9.62. The van der Waals surface area contributed by atoms with Crippen LogP contribution >= 0.6 is 15.9 Å². The number of nitrogens with zero attached hydrogens (tertiary/aromatic N) is 5. The molecule has 0 aliphatic rings. The number of benzene rings is 3. The molecule has 0 saturated heterocycles. The molecule has 182 valence electrons. The van der Waals surface area contributed by atoms with Gasteiger partial charge in [0.2, 0.25) is 0 Å². The van der Waals surface area contributed by atoms with Crippen molar-refractivity contribution in [3.63, 3.8) is 0 Å². The van der Waals surface area contributed by atoms with Gasteiger partial charge in [0.1, 0.15) is 0 Å². The molecule has 0 amide bonds. The van der Waals surface area contributed by atoms with Gasteiger partial charge in [-0.15, -0.1) is 10.2 Å². The van der Waals surface area contributed by atoms with Crippen LogP contribution in [0.5, 0.6) is 0 Å². The number of hydrogen-bond donors (Lipinski definition) is 0. The van der Waals surface area contributed by atoms with E-state index < -0.39 is 0 Å². The molecule has 6 heteroatoms. The van der Waals surface area contributed by atoms with Crippen molar-refractivity contribution in [1.82, 2.24) is 14.2 Å². The number of aryl methyl sites for hydroxylation is 4. The Balaban J connectivity index is 1.65. The largest absolute Gasteiger partial charge is 0.317 e. The minimum atomic E-state index is 0.717. The topological polar surface area (TPSA) is 47.0 Å². The summed E-state index contributed by atoms with van der Waals surface area (Å²) in [6.07, 6.45) is 0. The second-order valence-corrected chi connectivity index (χ2v) is 10.3. The summed E-state index contributed by atoms with van der Waals surface area (Å²) in [6.45, 7) is 8.55. The van der Waals surface area contributed by atoms with Gasteiger partial charge in [0.15, 0.2) is 5.82 Å². The van der Waals surface area contributed by atoms with E-state index in [4.69, 9.17) is 10.2 Å². The minimum Gasteiger partial charge on any atom is -0.317 e. The maximum absolute atomic E-state index is 5.04. The molecule has 0 aliphatic heterocycles. The third-order valence-electron chi connectivity index (χ3n) is 6.93. The van der Waals surface area contributed by atoms with Crippen LogP contribution in [0.3, 0.4) is 0 Å². The molecule has 0 spiro atoms. The average molecular weight is 548 g/mol. The maximum atomic E-state index is 5.04. The molecular weight excluding hydrogens is 522 g/mol. The fourth-order valence-corrected chi connectivity index (χ4v) is 5.45. The molecule has 0 saturated carbocycles. The molecule has 3 heterocycles. The molecule has 3 aromatic heterocycles. The first kappa shape index (κ1) is 23.4. The van der Waals surface area contributed by atoms with Crippen molar-refractivity contribution < 1.29 is 0 Å². The van der Waals surface area contributed by atoms with Gasteiger partial charge in [-0.1, -0.05) is 64.0 Å². The number of rotatable bonds is 4. The first-order valence-electron chi connectivity index (χ1n) is 12.3.